The first-order valence-corrected chi connectivity index (χ1v) is 11.0. The summed E-state index contributed by atoms with van der Waals surface area (Å²) in [5, 5.41) is 6.55. The van der Waals surface area contributed by atoms with Crippen molar-refractivity contribution in [2.45, 2.75) is 70.5 Å². The third kappa shape index (κ3) is 4.93. The van der Waals surface area contributed by atoms with E-state index in [4.69, 9.17) is 0 Å². The van der Waals surface area contributed by atoms with Crippen LogP contribution < -0.4 is 15.5 Å². The predicted molar refractivity (Wildman–Crippen MR) is 111 cm³/mol. The topological polar surface area (TPSA) is 73.4 Å². The molecule has 1 aromatic heterocycles. The van der Waals surface area contributed by atoms with Crippen LogP contribution in [0.2, 0.25) is 0 Å². The van der Waals surface area contributed by atoms with E-state index in [-0.39, 0.29) is 11.8 Å². The van der Waals surface area contributed by atoms with Crippen molar-refractivity contribution < 1.29 is 4.79 Å². The average Bonchev–Trinajstić information content (AvgIpc) is 3.52. The smallest absolute Gasteiger partial charge is 0.227 e. The monoisotopic (exact) mass is 386 g/mol. The summed E-state index contributed by atoms with van der Waals surface area (Å²) in [6.45, 7) is 8.24. The summed E-state index contributed by atoms with van der Waals surface area (Å²) in [6.07, 6.45) is 8.57. The molecule has 0 spiro atoms. The Morgan fingerprint density at radius 2 is 1.93 bits per heavy atom. The maximum absolute atomic E-state index is 12.5. The minimum absolute atomic E-state index is 0.175. The standard InChI is InChI=1S/C21H34N6O/c1-15(2)23-19-7-10-22-21(25-19)26-12-8-18(9-13-26)27-11-3-4-16(14-27)20(28)24-17-5-6-17/h7,10,15-18H,3-6,8-9,11-14H2,1-2H3,(H,24,28)(H,22,23,25)/t16-/m0/s1. The van der Waals surface area contributed by atoms with Gasteiger partial charge in [-0.25, -0.2) is 4.98 Å². The first-order valence-electron chi connectivity index (χ1n) is 11.0. The van der Waals surface area contributed by atoms with Gasteiger partial charge in [-0.3, -0.25) is 9.69 Å². The van der Waals surface area contributed by atoms with Crippen LogP contribution in [0.25, 0.3) is 0 Å². The molecule has 154 valence electrons. The maximum Gasteiger partial charge on any atom is 0.227 e. The molecule has 0 bridgehead atoms. The summed E-state index contributed by atoms with van der Waals surface area (Å²) in [6, 6.07) is 3.33. The zero-order chi connectivity index (χ0) is 19.5. The molecule has 4 rings (SSSR count). The van der Waals surface area contributed by atoms with Gasteiger partial charge in [-0.05, 0) is 65.0 Å². The van der Waals surface area contributed by atoms with Crippen molar-refractivity contribution in [3.8, 4) is 0 Å². The van der Waals surface area contributed by atoms with Gasteiger partial charge >= 0.3 is 0 Å². The number of anilines is 2. The lowest BCUT2D eigenvalue weighted by Gasteiger charge is -2.42. The molecule has 2 aliphatic heterocycles. The summed E-state index contributed by atoms with van der Waals surface area (Å²) < 4.78 is 0. The lowest BCUT2D eigenvalue weighted by atomic mass is 9.93. The molecule has 2 N–H and O–H groups in total. The fourth-order valence-electron chi connectivity index (χ4n) is 4.41. The van der Waals surface area contributed by atoms with Crippen molar-refractivity contribution in [1.82, 2.24) is 20.2 Å². The molecule has 0 unspecified atom stereocenters. The third-order valence-electron chi connectivity index (χ3n) is 6.09. The highest BCUT2D eigenvalue weighted by Gasteiger charge is 2.34. The molecule has 3 fully saturated rings. The van der Waals surface area contributed by atoms with Crippen LogP contribution in [0.4, 0.5) is 11.8 Å². The zero-order valence-electron chi connectivity index (χ0n) is 17.2. The van der Waals surface area contributed by atoms with Crippen molar-refractivity contribution >= 4 is 17.7 Å². The van der Waals surface area contributed by atoms with Gasteiger partial charge in [0.1, 0.15) is 5.82 Å². The molecule has 1 aliphatic carbocycles. The molecular weight excluding hydrogens is 352 g/mol. The van der Waals surface area contributed by atoms with E-state index in [0.29, 0.717) is 18.1 Å². The Labute approximate surface area is 168 Å². The Balaban J connectivity index is 1.29. The highest BCUT2D eigenvalue weighted by atomic mass is 16.2. The van der Waals surface area contributed by atoms with Gasteiger partial charge in [-0.2, -0.15) is 4.98 Å². The molecule has 0 aromatic carbocycles. The number of nitrogens with one attached hydrogen (secondary N) is 2. The van der Waals surface area contributed by atoms with Crippen molar-refractivity contribution in [1.29, 1.82) is 0 Å². The van der Waals surface area contributed by atoms with Crippen molar-refractivity contribution in [2.75, 3.05) is 36.4 Å². The van der Waals surface area contributed by atoms with E-state index in [2.05, 4.69) is 44.2 Å². The molecule has 7 heteroatoms. The first kappa shape index (κ1) is 19.4. The van der Waals surface area contributed by atoms with E-state index in [1.54, 1.807) is 0 Å². The Kier molecular flexibility index (Phi) is 5.99. The highest BCUT2D eigenvalue weighted by molar-refractivity contribution is 5.79. The van der Waals surface area contributed by atoms with Gasteiger partial charge in [0.15, 0.2) is 0 Å². The number of carbonyl (C=O) groups excluding carboxylic acids is 1. The molecule has 1 amide bonds. The quantitative estimate of drug-likeness (QED) is 0.781. The van der Waals surface area contributed by atoms with Crippen LogP contribution in [0.3, 0.4) is 0 Å². The lowest BCUT2D eigenvalue weighted by Crippen LogP contribution is -2.51. The van der Waals surface area contributed by atoms with Gasteiger partial charge in [0, 0.05) is 44.0 Å². The highest BCUT2D eigenvalue weighted by Crippen LogP contribution is 2.27. The second kappa shape index (κ2) is 8.64. The number of carbonyl (C=O) groups is 1. The molecule has 3 aliphatic rings. The fourth-order valence-corrected chi connectivity index (χ4v) is 4.41. The summed E-state index contributed by atoms with van der Waals surface area (Å²) in [7, 11) is 0. The van der Waals surface area contributed by atoms with Gasteiger partial charge in [-0.1, -0.05) is 0 Å². The van der Waals surface area contributed by atoms with Crippen LogP contribution in [0.15, 0.2) is 12.3 Å². The summed E-state index contributed by atoms with van der Waals surface area (Å²) >= 11 is 0. The van der Waals surface area contributed by atoms with Crippen LogP contribution >= 0.6 is 0 Å². The van der Waals surface area contributed by atoms with Gasteiger partial charge in [-0.15, -0.1) is 0 Å². The van der Waals surface area contributed by atoms with Crippen molar-refractivity contribution in [2.24, 2.45) is 5.92 Å². The Morgan fingerprint density at radius 1 is 1.14 bits per heavy atom. The Hall–Kier alpha value is -1.89. The number of rotatable bonds is 6. The molecule has 3 heterocycles. The number of nitrogens with zero attached hydrogens (tertiary/aromatic N) is 4. The van der Waals surface area contributed by atoms with E-state index >= 15 is 0 Å². The Bertz CT molecular complexity index is 669. The Morgan fingerprint density at radius 3 is 2.64 bits per heavy atom. The predicted octanol–water partition coefficient (Wildman–Crippen LogP) is 2.26. The fraction of sp³-hybridized carbons (Fsp3) is 0.762. The largest absolute Gasteiger partial charge is 0.368 e. The van der Waals surface area contributed by atoms with E-state index in [1.165, 1.54) is 0 Å². The van der Waals surface area contributed by atoms with Crippen LogP contribution in [0, 0.1) is 5.92 Å². The minimum Gasteiger partial charge on any atom is -0.368 e. The number of aromatic nitrogens is 2. The number of hydrogen-bond donors (Lipinski definition) is 2. The summed E-state index contributed by atoms with van der Waals surface area (Å²) in [5.41, 5.74) is 0. The SMILES string of the molecule is CC(C)Nc1ccnc(N2CCC(N3CCC[C@H](C(=O)NC4CC4)C3)CC2)n1. The van der Waals surface area contributed by atoms with E-state index in [9.17, 15) is 4.79 Å². The molecule has 0 radical (unpaired) electrons. The van der Waals surface area contributed by atoms with Crippen LogP contribution in [0.1, 0.15) is 52.4 Å². The molecule has 2 saturated heterocycles. The van der Waals surface area contributed by atoms with Crippen molar-refractivity contribution in [3.05, 3.63) is 12.3 Å². The normalized spacial score (nSPS) is 24.4. The lowest BCUT2D eigenvalue weighted by molar-refractivity contribution is -0.127. The average molecular weight is 387 g/mol. The van der Waals surface area contributed by atoms with Gasteiger partial charge in [0.2, 0.25) is 11.9 Å². The molecular formula is C21H34N6O. The molecule has 1 saturated carbocycles. The van der Waals surface area contributed by atoms with Gasteiger partial charge in [0.25, 0.3) is 0 Å². The van der Waals surface area contributed by atoms with E-state index < -0.39 is 0 Å². The van der Waals surface area contributed by atoms with Gasteiger partial charge in [0.05, 0.1) is 5.92 Å². The molecule has 28 heavy (non-hydrogen) atoms. The van der Waals surface area contributed by atoms with E-state index in [0.717, 1.165) is 76.5 Å². The minimum atomic E-state index is 0.175. The van der Waals surface area contributed by atoms with Crippen LogP contribution in [-0.2, 0) is 4.79 Å². The van der Waals surface area contributed by atoms with Gasteiger partial charge < -0.3 is 15.5 Å². The zero-order valence-corrected chi connectivity index (χ0v) is 17.2. The second-order valence-corrected chi connectivity index (χ2v) is 8.88. The first-order chi connectivity index (χ1) is 13.6. The molecule has 1 atom stereocenters. The number of likely N-dealkylation sites (tertiary alicyclic amines) is 1. The number of piperidine rings is 2. The summed E-state index contributed by atoms with van der Waals surface area (Å²) in [5.74, 6) is 2.18. The second-order valence-electron chi connectivity index (χ2n) is 8.88. The maximum atomic E-state index is 12.5. The van der Waals surface area contributed by atoms with Crippen molar-refractivity contribution in [3.63, 3.8) is 0 Å². The number of amides is 1. The van der Waals surface area contributed by atoms with Crippen LogP contribution in [-0.4, -0.2) is 65.1 Å². The summed E-state index contributed by atoms with van der Waals surface area (Å²) in [4.78, 5) is 26.5. The van der Waals surface area contributed by atoms with Crippen LogP contribution in [0.5, 0.6) is 0 Å². The number of hydrogen-bond acceptors (Lipinski definition) is 6. The van der Waals surface area contributed by atoms with E-state index in [1.807, 2.05) is 12.3 Å². The molecule has 1 aromatic rings. The molecule has 7 nitrogen and oxygen atoms in total. The third-order valence-corrected chi connectivity index (χ3v) is 6.09.